The van der Waals surface area contributed by atoms with Gasteiger partial charge < -0.3 is 10.1 Å². The average Bonchev–Trinajstić information content (AvgIpc) is 2.41. The van der Waals surface area contributed by atoms with Crippen LogP contribution in [0.15, 0.2) is 18.2 Å². The Hall–Kier alpha value is -0.570. The molecule has 0 aliphatic carbocycles. The minimum absolute atomic E-state index is 0.308. The second-order valence-electron chi connectivity index (χ2n) is 4.99. The Morgan fingerprint density at radius 1 is 1.50 bits per heavy atom. The average molecular weight is 268 g/mol. The maximum Gasteiger partial charge on any atom is 0.0512 e. The Morgan fingerprint density at radius 3 is 3.00 bits per heavy atom. The molecule has 1 aliphatic heterocycles. The van der Waals surface area contributed by atoms with E-state index in [1.807, 2.05) is 0 Å². The number of hydrogen-bond donors (Lipinski definition) is 1. The molecule has 100 valence electrons. The van der Waals surface area contributed by atoms with E-state index in [4.69, 9.17) is 16.3 Å². The van der Waals surface area contributed by atoms with Crippen molar-refractivity contribution in [1.29, 1.82) is 0 Å². The van der Waals surface area contributed by atoms with Crippen molar-refractivity contribution < 1.29 is 4.74 Å². The SMILES string of the molecule is CCNC(c1cccc(C)c1Cl)C1CCCOC1. The van der Waals surface area contributed by atoms with Gasteiger partial charge in [-0.25, -0.2) is 0 Å². The molecule has 2 unspecified atom stereocenters. The first-order chi connectivity index (χ1) is 8.74. The van der Waals surface area contributed by atoms with Crippen molar-refractivity contribution in [2.24, 2.45) is 5.92 Å². The van der Waals surface area contributed by atoms with E-state index in [1.165, 1.54) is 12.0 Å². The van der Waals surface area contributed by atoms with Crippen LogP contribution in [0, 0.1) is 12.8 Å². The molecular formula is C15H22ClNO. The van der Waals surface area contributed by atoms with Crippen molar-refractivity contribution in [2.75, 3.05) is 19.8 Å². The highest BCUT2D eigenvalue weighted by molar-refractivity contribution is 6.32. The minimum atomic E-state index is 0.308. The molecule has 2 nitrogen and oxygen atoms in total. The number of hydrogen-bond acceptors (Lipinski definition) is 2. The molecule has 0 saturated carbocycles. The first kappa shape index (κ1) is 13.9. The zero-order valence-electron chi connectivity index (χ0n) is 11.2. The second kappa shape index (κ2) is 6.55. The number of benzene rings is 1. The number of aryl methyl sites for hydroxylation is 1. The zero-order chi connectivity index (χ0) is 13.0. The fourth-order valence-electron chi connectivity index (χ4n) is 2.69. The lowest BCUT2D eigenvalue weighted by molar-refractivity contribution is 0.0393. The van der Waals surface area contributed by atoms with Crippen LogP contribution < -0.4 is 5.32 Å². The van der Waals surface area contributed by atoms with E-state index in [9.17, 15) is 0 Å². The van der Waals surface area contributed by atoms with Gasteiger partial charge in [0, 0.05) is 23.6 Å². The lowest BCUT2D eigenvalue weighted by atomic mass is 9.88. The van der Waals surface area contributed by atoms with Gasteiger partial charge in [0.25, 0.3) is 0 Å². The fraction of sp³-hybridized carbons (Fsp3) is 0.600. The van der Waals surface area contributed by atoms with Gasteiger partial charge in [-0.2, -0.15) is 0 Å². The molecule has 2 rings (SSSR count). The van der Waals surface area contributed by atoms with Crippen molar-refractivity contribution in [2.45, 2.75) is 32.7 Å². The van der Waals surface area contributed by atoms with E-state index < -0.39 is 0 Å². The molecular weight excluding hydrogens is 246 g/mol. The first-order valence-electron chi connectivity index (χ1n) is 6.80. The number of nitrogens with one attached hydrogen (secondary N) is 1. The highest BCUT2D eigenvalue weighted by atomic mass is 35.5. The lowest BCUT2D eigenvalue weighted by Crippen LogP contribution is -2.33. The van der Waals surface area contributed by atoms with Crippen LogP contribution >= 0.6 is 11.6 Å². The van der Waals surface area contributed by atoms with Gasteiger partial charge in [0.1, 0.15) is 0 Å². The van der Waals surface area contributed by atoms with Crippen LogP contribution in [0.1, 0.15) is 36.9 Å². The van der Waals surface area contributed by atoms with Gasteiger partial charge in [-0.3, -0.25) is 0 Å². The summed E-state index contributed by atoms with van der Waals surface area (Å²) in [5.74, 6) is 0.526. The number of ether oxygens (including phenoxy) is 1. The molecule has 18 heavy (non-hydrogen) atoms. The van der Waals surface area contributed by atoms with Crippen LogP contribution in [0.25, 0.3) is 0 Å². The van der Waals surface area contributed by atoms with E-state index >= 15 is 0 Å². The van der Waals surface area contributed by atoms with Crippen LogP contribution in [0.5, 0.6) is 0 Å². The molecule has 1 aromatic rings. The highest BCUT2D eigenvalue weighted by Gasteiger charge is 2.26. The van der Waals surface area contributed by atoms with Crippen molar-refractivity contribution >= 4 is 11.6 Å². The van der Waals surface area contributed by atoms with E-state index in [2.05, 4.69) is 37.4 Å². The molecule has 1 N–H and O–H groups in total. The summed E-state index contributed by atoms with van der Waals surface area (Å²) in [6.45, 7) is 6.89. The standard InChI is InChI=1S/C15H22ClNO/c1-3-17-15(12-7-5-9-18-10-12)13-8-4-6-11(2)14(13)16/h4,6,8,12,15,17H,3,5,7,9-10H2,1-2H3. The third-order valence-electron chi connectivity index (χ3n) is 3.65. The van der Waals surface area contributed by atoms with Gasteiger partial charge in [-0.15, -0.1) is 0 Å². The monoisotopic (exact) mass is 267 g/mol. The third kappa shape index (κ3) is 3.05. The summed E-state index contributed by atoms with van der Waals surface area (Å²) < 4.78 is 5.62. The predicted molar refractivity (Wildman–Crippen MR) is 76.1 cm³/mol. The summed E-state index contributed by atoms with van der Waals surface area (Å²) in [5.41, 5.74) is 2.36. The first-order valence-corrected chi connectivity index (χ1v) is 7.18. The van der Waals surface area contributed by atoms with Crippen molar-refractivity contribution in [3.63, 3.8) is 0 Å². The maximum absolute atomic E-state index is 6.46. The Balaban J connectivity index is 2.25. The molecule has 0 aromatic heterocycles. The topological polar surface area (TPSA) is 21.3 Å². The number of rotatable bonds is 4. The van der Waals surface area contributed by atoms with Crippen LogP contribution in [-0.2, 0) is 4.74 Å². The van der Waals surface area contributed by atoms with Gasteiger partial charge >= 0.3 is 0 Å². The lowest BCUT2D eigenvalue weighted by Gasteiger charge is -2.32. The summed E-state index contributed by atoms with van der Waals surface area (Å²) in [5, 5.41) is 4.47. The van der Waals surface area contributed by atoms with E-state index in [-0.39, 0.29) is 0 Å². The summed E-state index contributed by atoms with van der Waals surface area (Å²) in [6, 6.07) is 6.59. The Bertz CT molecular complexity index is 388. The normalized spacial score (nSPS) is 21.8. The smallest absolute Gasteiger partial charge is 0.0512 e. The Morgan fingerprint density at radius 2 is 2.33 bits per heavy atom. The Labute approximate surface area is 115 Å². The van der Waals surface area contributed by atoms with E-state index in [1.54, 1.807) is 0 Å². The molecule has 1 heterocycles. The van der Waals surface area contributed by atoms with Gasteiger partial charge in [-0.05, 0) is 37.4 Å². The zero-order valence-corrected chi connectivity index (χ0v) is 12.0. The van der Waals surface area contributed by atoms with Gasteiger partial charge in [-0.1, -0.05) is 36.7 Å². The molecule has 1 aliphatic rings. The molecule has 0 spiro atoms. The van der Waals surface area contributed by atoms with Crippen molar-refractivity contribution in [1.82, 2.24) is 5.32 Å². The summed E-state index contributed by atoms with van der Waals surface area (Å²) in [4.78, 5) is 0. The fourth-order valence-corrected chi connectivity index (χ4v) is 2.93. The molecule has 2 atom stereocenters. The van der Waals surface area contributed by atoms with Gasteiger partial charge in [0.15, 0.2) is 0 Å². The van der Waals surface area contributed by atoms with E-state index in [0.29, 0.717) is 12.0 Å². The molecule has 0 bridgehead atoms. The predicted octanol–water partition coefficient (Wildman–Crippen LogP) is 3.73. The quantitative estimate of drug-likeness (QED) is 0.898. The minimum Gasteiger partial charge on any atom is -0.381 e. The van der Waals surface area contributed by atoms with Crippen molar-refractivity contribution in [3.8, 4) is 0 Å². The van der Waals surface area contributed by atoms with Crippen LogP contribution in [0.3, 0.4) is 0 Å². The molecule has 1 saturated heterocycles. The van der Waals surface area contributed by atoms with Crippen LogP contribution in [0.2, 0.25) is 5.02 Å². The van der Waals surface area contributed by atoms with Gasteiger partial charge in [0.05, 0.1) is 6.61 Å². The van der Waals surface area contributed by atoms with Crippen molar-refractivity contribution in [3.05, 3.63) is 34.3 Å². The number of halogens is 1. The largest absolute Gasteiger partial charge is 0.381 e. The molecule has 0 amide bonds. The summed E-state index contributed by atoms with van der Waals surface area (Å²) >= 11 is 6.46. The van der Waals surface area contributed by atoms with E-state index in [0.717, 1.165) is 36.8 Å². The summed E-state index contributed by atoms with van der Waals surface area (Å²) in [6.07, 6.45) is 2.36. The molecule has 3 heteroatoms. The van der Waals surface area contributed by atoms with Crippen LogP contribution in [-0.4, -0.2) is 19.8 Å². The molecule has 1 aromatic carbocycles. The summed E-state index contributed by atoms with van der Waals surface area (Å²) in [7, 11) is 0. The second-order valence-corrected chi connectivity index (χ2v) is 5.37. The molecule has 0 radical (unpaired) electrons. The van der Waals surface area contributed by atoms with Crippen LogP contribution in [0.4, 0.5) is 0 Å². The molecule has 1 fully saturated rings. The van der Waals surface area contributed by atoms with Gasteiger partial charge in [0.2, 0.25) is 0 Å². The maximum atomic E-state index is 6.46. The highest BCUT2D eigenvalue weighted by Crippen LogP contribution is 2.34. The Kier molecular flexibility index (Phi) is 5.04. The third-order valence-corrected chi connectivity index (χ3v) is 4.16.